The van der Waals surface area contributed by atoms with Gasteiger partial charge in [-0.1, -0.05) is 30.3 Å². The zero-order valence-corrected chi connectivity index (χ0v) is 19.2. The predicted molar refractivity (Wildman–Crippen MR) is 122 cm³/mol. The zero-order valence-electron chi connectivity index (χ0n) is 18.3. The number of anilines is 1. The first-order chi connectivity index (χ1) is 14.2. The van der Waals surface area contributed by atoms with Crippen molar-refractivity contribution in [3.05, 3.63) is 59.7 Å². The standard InChI is InChI=1S/C23H33N3O3S/c1-18(2)26(30(4,27)28)21-12-13-22(29-3)19(16-21)17-23(14-8-9-15-25(23)24)20-10-6-5-7-11-20/h5-7,10-13,16,18H,8-9,14-15,17,24H2,1-4H3. The van der Waals surface area contributed by atoms with Crippen molar-refractivity contribution in [1.29, 1.82) is 0 Å². The molecule has 1 saturated heterocycles. The van der Waals surface area contributed by atoms with Gasteiger partial charge in [0.1, 0.15) is 5.75 Å². The number of piperidine rings is 1. The fraction of sp³-hybridized carbons (Fsp3) is 0.478. The van der Waals surface area contributed by atoms with Crippen LogP contribution in [0.15, 0.2) is 48.5 Å². The summed E-state index contributed by atoms with van der Waals surface area (Å²) >= 11 is 0. The Morgan fingerprint density at radius 3 is 2.43 bits per heavy atom. The maximum absolute atomic E-state index is 12.4. The van der Waals surface area contributed by atoms with Crippen LogP contribution in [-0.2, 0) is 22.0 Å². The highest BCUT2D eigenvalue weighted by Crippen LogP contribution is 2.41. The Kier molecular flexibility index (Phi) is 6.75. The lowest BCUT2D eigenvalue weighted by Crippen LogP contribution is -2.54. The molecular formula is C23H33N3O3S. The van der Waals surface area contributed by atoms with Gasteiger partial charge in [0, 0.05) is 12.6 Å². The summed E-state index contributed by atoms with van der Waals surface area (Å²) in [4.78, 5) is 0. The van der Waals surface area contributed by atoms with Gasteiger partial charge in [-0.05, 0) is 68.9 Å². The Bertz CT molecular complexity index is 963. The number of hydrogen-bond donors (Lipinski definition) is 1. The van der Waals surface area contributed by atoms with Gasteiger partial charge in [-0.25, -0.2) is 13.4 Å². The van der Waals surface area contributed by atoms with E-state index >= 15 is 0 Å². The lowest BCUT2D eigenvalue weighted by molar-refractivity contribution is 0.0421. The average Bonchev–Trinajstić information content (AvgIpc) is 2.69. The Balaban J connectivity index is 2.11. The third-order valence-electron chi connectivity index (χ3n) is 5.93. The molecule has 0 saturated carbocycles. The van der Waals surface area contributed by atoms with Crippen LogP contribution in [0.3, 0.4) is 0 Å². The van der Waals surface area contributed by atoms with Crippen molar-refractivity contribution in [3.8, 4) is 5.75 Å². The lowest BCUT2D eigenvalue weighted by Gasteiger charge is -2.45. The molecule has 1 unspecified atom stereocenters. The smallest absolute Gasteiger partial charge is 0.232 e. The molecular weight excluding hydrogens is 398 g/mol. The van der Waals surface area contributed by atoms with E-state index in [1.54, 1.807) is 13.2 Å². The topological polar surface area (TPSA) is 75.9 Å². The molecule has 1 aliphatic rings. The van der Waals surface area contributed by atoms with E-state index in [0.29, 0.717) is 12.1 Å². The Hall–Kier alpha value is -2.09. The van der Waals surface area contributed by atoms with Crippen LogP contribution in [0.1, 0.15) is 44.2 Å². The second-order valence-electron chi connectivity index (χ2n) is 8.37. The summed E-state index contributed by atoms with van der Waals surface area (Å²) < 4.78 is 32.0. The maximum atomic E-state index is 12.4. The van der Waals surface area contributed by atoms with Crippen LogP contribution in [0, 0.1) is 0 Å². The van der Waals surface area contributed by atoms with Gasteiger partial charge >= 0.3 is 0 Å². The third-order valence-corrected chi connectivity index (χ3v) is 7.28. The molecule has 1 atom stereocenters. The summed E-state index contributed by atoms with van der Waals surface area (Å²) in [5.74, 6) is 7.33. The number of sulfonamides is 1. The van der Waals surface area contributed by atoms with Crippen LogP contribution in [0.4, 0.5) is 5.69 Å². The number of benzene rings is 2. The van der Waals surface area contributed by atoms with Gasteiger partial charge in [-0.2, -0.15) is 0 Å². The Morgan fingerprint density at radius 2 is 1.87 bits per heavy atom. The lowest BCUT2D eigenvalue weighted by atomic mass is 9.77. The molecule has 0 amide bonds. The minimum Gasteiger partial charge on any atom is -0.496 e. The number of ether oxygens (including phenoxy) is 1. The fourth-order valence-corrected chi connectivity index (χ4v) is 5.90. The van der Waals surface area contributed by atoms with Crippen molar-refractivity contribution < 1.29 is 13.2 Å². The minimum atomic E-state index is -3.41. The number of nitrogens with two attached hydrogens (primary N) is 1. The van der Waals surface area contributed by atoms with E-state index in [2.05, 4.69) is 12.1 Å². The first-order valence-electron chi connectivity index (χ1n) is 10.4. The number of rotatable bonds is 7. The van der Waals surface area contributed by atoms with Crippen LogP contribution < -0.4 is 14.9 Å². The normalized spacial score (nSPS) is 20.3. The number of nitrogens with zero attached hydrogens (tertiary/aromatic N) is 2. The molecule has 7 heteroatoms. The van der Waals surface area contributed by atoms with Gasteiger partial charge in [0.2, 0.25) is 10.0 Å². The summed E-state index contributed by atoms with van der Waals surface area (Å²) in [5.41, 5.74) is 2.40. The molecule has 1 fully saturated rings. The van der Waals surface area contributed by atoms with Crippen LogP contribution in [0.5, 0.6) is 5.75 Å². The van der Waals surface area contributed by atoms with Gasteiger partial charge in [0.15, 0.2) is 0 Å². The van der Waals surface area contributed by atoms with Crippen molar-refractivity contribution in [3.63, 3.8) is 0 Å². The summed E-state index contributed by atoms with van der Waals surface area (Å²) in [6.45, 7) is 4.57. The summed E-state index contributed by atoms with van der Waals surface area (Å²) in [5, 5.41) is 1.95. The molecule has 0 radical (unpaired) electrons. The molecule has 0 spiro atoms. The monoisotopic (exact) mass is 431 g/mol. The van der Waals surface area contributed by atoms with Gasteiger partial charge < -0.3 is 4.74 Å². The first kappa shape index (κ1) is 22.6. The molecule has 0 aromatic heterocycles. The highest BCUT2D eigenvalue weighted by atomic mass is 32.2. The van der Waals surface area contributed by atoms with Crippen LogP contribution in [0.2, 0.25) is 0 Å². The number of hydrogen-bond acceptors (Lipinski definition) is 5. The van der Waals surface area contributed by atoms with E-state index in [0.717, 1.165) is 37.1 Å². The number of hydrazine groups is 1. The minimum absolute atomic E-state index is 0.190. The second kappa shape index (κ2) is 8.96. The van der Waals surface area contributed by atoms with E-state index in [9.17, 15) is 8.42 Å². The summed E-state index contributed by atoms with van der Waals surface area (Å²) in [6.07, 6.45) is 4.97. The van der Waals surface area contributed by atoms with Crippen molar-refractivity contribution >= 4 is 15.7 Å². The molecule has 2 N–H and O–H groups in total. The van der Waals surface area contributed by atoms with E-state index < -0.39 is 10.0 Å². The van der Waals surface area contributed by atoms with Crippen molar-refractivity contribution in [2.24, 2.45) is 5.84 Å². The summed E-state index contributed by atoms with van der Waals surface area (Å²) in [7, 11) is -1.76. The Morgan fingerprint density at radius 1 is 1.17 bits per heavy atom. The molecule has 2 aromatic rings. The highest BCUT2D eigenvalue weighted by molar-refractivity contribution is 7.92. The third kappa shape index (κ3) is 4.48. The van der Waals surface area contributed by atoms with Gasteiger partial charge in [0.05, 0.1) is 24.6 Å². The van der Waals surface area contributed by atoms with Crippen molar-refractivity contribution in [2.75, 3.05) is 24.2 Å². The van der Waals surface area contributed by atoms with Crippen molar-refractivity contribution in [1.82, 2.24) is 5.01 Å². The molecule has 164 valence electrons. The maximum Gasteiger partial charge on any atom is 0.232 e. The molecule has 0 aliphatic carbocycles. The predicted octanol–water partition coefficient (Wildman–Crippen LogP) is 3.67. The molecule has 1 aliphatic heterocycles. The molecule has 2 aromatic carbocycles. The molecule has 6 nitrogen and oxygen atoms in total. The number of methoxy groups -OCH3 is 1. The van der Waals surface area contributed by atoms with E-state index in [1.807, 2.05) is 49.2 Å². The van der Waals surface area contributed by atoms with Gasteiger partial charge in [-0.3, -0.25) is 10.1 Å². The van der Waals surface area contributed by atoms with Gasteiger partial charge in [-0.15, -0.1) is 0 Å². The van der Waals surface area contributed by atoms with Crippen molar-refractivity contribution in [2.45, 2.75) is 51.1 Å². The highest BCUT2D eigenvalue weighted by Gasteiger charge is 2.40. The zero-order chi connectivity index (χ0) is 21.9. The van der Waals surface area contributed by atoms with Crippen LogP contribution in [0.25, 0.3) is 0 Å². The van der Waals surface area contributed by atoms with E-state index in [-0.39, 0.29) is 11.6 Å². The van der Waals surface area contributed by atoms with Gasteiger partial charge in [0.25, 0.3) is 0 Å². The molecule has 1 heterocycles. The fourth-order valence-electron chi connectivity index (χ4n) is 4.64. The summed E-state index contributed by atoms with van der Waals surface area (Å²) in [6, 6.07) is 15.7. The quantitative estimate of drug-likeness (QED) is 0.677. The van der Waals surface area contributed by atoms with Crippen LogP contribution >= 0.6 is 0 Å². The van der Waals surface area contributed by atoms with E-state index in [4.69, 9.17) is 10.6 Å². The molecule has 3 rings (SSSR count). The first-order valence-corrected chi connectivity index (χ1v) is 12.3. The van der Waals surface area contributed by atoms with Crippen LogP contribution in [-0.4, -0.2) is 39.4 Å². The molecule has 0 bridgehead atoms. The molecule has 30 heavy (non-hydrogen) atoms. The second-order valence-corrected chi connectivity index (χ2v) is 10.2. The SMILES string of the molecule is COc1ccc(N(C(C)C)S(C)(=O)=O)cc1CC1(c2ccccc2)CCCCN1N. The van der Waals surface area contributed by atoms with E-state index in [1.165, 1.54) is 16.1 Å². The average molecular weight is 432 g/mol. The Labute approximate surface area is 180 Å². The largest absolute Gasteiger partial charge is 0.496 e.